The maximum absolute atomic E-state index is 3.46. The fraction of sp³-hybridized carbons (Fsp3) is 0. The van der Waals surface area contributed by atoms with Gasteiger partial charge in [0.2, 0.25) is 0 Å². The molecule has 1 heterocycles. The van der Waals surface area contributed by atoms with Gasteiger partial charge in [-0.1, -0.05) is 24.4 Å². The Morgan fingerprint density at radius 2 is 2.67 bits per heavy atom. The molecule has 0 aromatic carbocycles. The molecule has 0 saturated heterocycles. The average Bonchev–Trinajstić information content (AvgIpc) is 2.34. The molecule has 1 aromatic rings. The number of thioether (sulfide) groups is 1. The second-order valence-electron chi connectivity index (χ2n) is 1.37. The molecule has 0 N–H and O–H groups in total. The minimum atomic E-state index is 1.28. The molecule has 0 atom stereocenters. The largest absolute Gasteiger partial charge is 0.137 e. The molecule has 0 aliphatic carbocycles. The van der Waals surface area contributed by atoms with E-state index in [9.17, 15) is 0 Å². The SMILES string of the molecule is C=C=CSc1cccs1. The second kappa shape index (κ2) is 3.57. The van der Waals surface area contributed by atoms with E-state index in [2.05, 4.69) is 23.8 Å². The van der Waals surface area contributed by atoms with Gasteiger partial charge >= 0.3 is 0 Å². The van der Waals surface area contributed by atoms with Crippen molar-refractivity contribution in [2.75, 3.05) is 0 Å². The van der Waals surface area contributed by atoms with E-state index in [1.807, 2.05) is 11.5 Å². The van der Waals surface area contributed by atoms with Gasteiger partial charge in [-0.05, 0) is 11.4 Å². The van der Waals surface area contributed by atoms with Crippen molar-refractivity contribution in [3.05, 3.63) is 35.2 Å². The molecular weight excluding hydrogens is 148 g/mol. The lowest BCUT2D eigenvalue weighted by atomic mass is 10.7. The van der Waals surface area contributed by atoms with E-state index in [4.69, 9.17) is 0 Å². The predicted molar refractivity (Wildman–Crippen MR) is 43.9 cm³/mol. The summed E-state index contributed by atoms with van der Waals surface area (Å²) in [5.74, 6) is 0. The van der Waals surface area contributed by atoms with E-state index in [0.29, 0.717) is 0 Å². The van der Waals surface area contributed by atoms with E-state index in [-0.39, 0.29) is 0 Å². The van der Waals surface area contributed by atoms with Gasteiger partial charge in [0.05, 0.1) is 4.21 Å². The lowest BCUT2D eigenvalue weighted by molar-refractivity contribution is 1.75. The molecule has 0 unspecified atom stereocenters. The van der Waals surface area contributed by atoms with E-state index in [0.717, 1.165) is 0 Å². The molecule has 1 aromatic heterocycles. The fourth-order valence-corrected chi connectivity index (χ4v) is 1.77. The van der Waals surface area contributed by atoms with Crippen LogP contribution >= 0.6 is 23.1 Å². The highest BCUT2D eigenvalue weighted by atomic mass is 32.2. The molecule has 9 heavy (non-hydrogen) atoms. The summed E-state index contributed by atoms with van der Waals surface area (Å²) in [6, 6.07) is 4.10. The monoisotopic (exact) mass is 154 g/mol. The molecule has 0 spiro atoms. The first kappa shape index (κ1) is 6.69. The minimum absolute atomic E-state index is 1.28. The molecule has 0 saturated carbocycles. The van der Waals surface area contributed by atoms with Gasteiger partial charge in [0.25, 0.3) is 0 Å². The Morgan fingerprint density at radius 3 is 3.22 bits per heavy atom. The lowest BCUT2D eigenvalue weighted by Crippen LogP contribution is -1.46. The van der Waals surface area contributed by atoms with Gasteiger partial charge in [-0.25, -0.2) is 0 Å². The van der Waals surface area contributed by atoms with Crippen LogP contribution in [0, 0.1) is 0 Å². The first-order valence-corrected chi connectivity index (χ1v) is 4.24. The highest BCUT2D eigenvalue weighted by molar-refractivity contribution is 8.03. The number of hydrogen-bond acceptors (Lipinski definition) is 2. The molecular formula is C7H6S2. The van der Waals surface area contributed by atoms with Gasteiger partial charge in [0.15, 0.2) is 0 Å². The van der Waals surface area contributed by atoms with Gasteiger partial charge in [-0.3, -0.25) is 0 Å². The maximum atomic E-state index is 3.46. The molecule has 0 amide bonds. The Balaban J connectivity index is 2.57. The van der Waals surface area contributed by atoms with Gasteiger partial charge < -0.3 is 0 Å². The third-order valence-electron chi connectivity index (χ3n) is 0.753. The molecule has 0 bridgehead atoms. The quantitative estimate of drug-likeness (QED) is 0.466. The van der Waals surface area contributed by atoms with Crippen molar-refractivity contribution in [1.29, 1.82) is 0 Å². The van der Waals surface area contributed by atoms with Crippen LogP contribution < -0.4 is 0 Å². The van der Waals surface area contributed by atoms with Crippen LogP contribution in [0.3, 0.4) is 0 Å². The van der Waals surface area contributed by atoms with Crippen LogP contribution in [-0.4, -0.2) is 0 Å². The predicted octanol–water partition coefficient (Wildman–Crippen LogP) is 3.14. The summed E-state index contributed by atoms with van der Waals surface area (Å²) in [6.45, 7) is 3.46. The highest BCUT2D eigenvalue weighted by Crippen LogP contribution is 2.23. The molecule has 2 heteroatoms. The Kier molecular flexibility index (Phi) is 2.65. The van der Waals surface area contributed by atoms with Crippen molar-refractivity contribution in [3.8, 4) is 0 Å². The van der Waals surface area contributed by atoms with Gasteiger partial charge in [-0.15, -0.1) is 17.1 Å². The van der Waals surface area contributed by atoms with Crippen molar-refractivity contribution < 1.29 is 0 Å². The summed E-state index contributed by atoms with van der Waals surface area (Å²) in [5, 5.41) is 3.91. The first-order valence-electron chi connectivity index (χ1n) is 2.48. The summed E-state index contributed by atoms with van der Waals surface area (Å²) in [6.07, 6.45) is 0. The van der Waals surface area contributed by atoms with Crippen molar-refractivity contribution in [1.82, 2.24) is 0 Å². The van der Waals surface area contributed by atoms with Gasteiger partial charge in [0, 0.05) is 5.41 Å². The van der Waals surface area contributed by atoms with Crippen molar-refractivity contribution in [3.63, 3.8) is 0 Å². The van der Waals surface area contributed by atoms with Crippen LogP contribution in [0.15, 0.2) is 39.4 Å². The fourth-order valence-electron chi connectivity index (χ4n) is 0.430. The normalized spacial score (nSPS) is 8.44. The molecule has 0 radical (unpaired) electrons. The van der Waals surface area contributed by atoms with Gasteiger partial charge in [-0.2, -0.15) is 0 Å². The van der Waals surface area contributed by atoms with Crippen LogP contribution in [0.4, 0.5) is 0 Å². The zero-order valence-electron chi connectivity index (χ0n) is 4.83. The zero-order chi connectivity index (χ0) is 6.53. The Labute approximate surface area is 62.9 Å². The number of hydrogen-bond donors (Lipinski definition) is 0. The minimum Gasteiger partial charge on any atom is -0.137 e. The van der Waals surface area contributed by atoms with E-state index in [1.165, 1.54) is 4.21 Å². The van der Waals surface area contributed by atoms with Gasteiger partial charge in [0.1, 0.15) is 0 Å². The van der Waals surface area contributed by atoms with E-state index < -0.39 is 0 Å². The van der Waals surface area contributed by atoms with Crippen molar-refractivity contribution in [2.24, 2.45) is 0 Å². The number of thiophene rings is 1. The van der Waals surface area contributed by atoms with E-state index in [1.54, 1.807) is 23.1 Å². The summed E-state index contributed by atoms with van der Waals surface area (Å²) < 4.78 is 1.28. The highest BCUT2D eigenvalue weighted by Gasteiger charge is 1.86. The summed E-state index contributed by atoms with van der Waals surface area (Å²) in [5.41, 5.74) is 2.70. The van der Waals surface area contributed by atoms with E-state index >= 15 is 0 Å². The van der Waals surface area contributed by atoms with Crippen LogP contribution in [0.2, 0.25) is 0 Å². The second-order valence-corrected chi connectivity index (χ2v) is 3.49. The first-order chi connectivity index (χ1) is 4.43. The maximum Gasteiger partial charge on any atom is 0.0646 e. The molecule has 0 aliphatic heterocycles. The van der Waals surface area contributed by atoms with Crippen molar-refractivity contribution >= 4 is 23.1 Å². The summed E-state index contributed by atoms with van der Waals surface area (Å²) in [7, 11) is 0. The Hall–Kier alpha value is -0.430. The summed E-state index contributed by atoms with van der Waals surface area (Å²) in [4.78, 5) is 0. The molecule has 0 aliphatic rings. The molecule has 0 fully saturated rings. The molecule has 0 nitrogen and oxygen atoms in total. The molecule has 46 valence electrons. The van der Waals surface area contributed by atoms with Crippen LogP contribution in [0.5, 0.6) is 0 Å². The van der Waals surface area contributed by atoms with Crippen LogP contribution in [0.1, 0.15) is 0 Å². The zero-order valence-corrected chi connectivity index (χ0v) is 6.47. The standard InChI is InChI=1S/C7H6S2/c1-2-5-8-7-4-3-6-9-7/h3-6H,1H2. The van der Waals surface area contributed by atoms with Crippen LogP contribution in [-0.2, 0) is 0 Å². The molecule has 1 rings (SSSR count). The Bertz CT molecular complexity index is 205. The smallest absolute Gasteiger partial charge is 0.0646 e. The third-order valence-corrected chi connectivity index (χ3v) is 2.65. The Morgan fingerprint density at radius 1 is 1.78 bits per heavy atom. The lowest BCUT2D eigenvalue weighted by Gasteiger charge is -1.80. The third kappa shape index (κ3) is 2.10. The van der Waals surface area contributed by atoms with Crippen LogP contribution in [0.25, 0.3) is 0 Å². The topological polar surface area (TPSA) is 0 Å². The average molecular weight is 154 g/mol. The van der Waals surface area contributed by atoms with Crippen molar-refractivity contribution in [2.45, 2.75) is 4.21 Å². The number of rotatable bonds is 2. The summed E-state index contributed by atoms with van der Waals surface area (Å²) >= 11 is 3.37.